The molecule has 0 atom stereocenters. The van der Waals surface area contributed by atoms with Crippen LogP contribution in [0.1, 0.15) is 18.4 Å². The van der Waals surface area contributed by atoms with Crippen molar-refractivity contribution in [1.82, 2.24) is 5.32 Å². The van der Waals surface area contributed by atoms with Crippen LogP contribution in [-0.2, 0) is 4.79 Å². The molecule has 1 amide bonds. The number of amides is 1. The second-order valence-electron chi connectivity index (χ2n) is 4.14. The third-order valence-corrected chi connectivity index (χ3v) is 3.76. The van der Waals surface area contributed by atoms with Crippen LogP contribution in [0, 0.1) is 0 Å². The third-order valence-electron chi connectivity index (χ3n) is 2.58. The topological polar surface area (TPSA) is 64.3 Å². The molecule has 6 heteroatoms. The lowest BCUT2D eigenvalue weighted by atomic mass is 10.2. The highest BCUT2D eigenvalue weighted by Crippen LogP contribution is 2.34. The van der Waals surface area contributed by atoms with Crippen molar-refractivity contribution >= 4 is 43.8 Å². The zero-order valence-electron chi connectivity index (χ0n) is 11.3. The van der Waals surface area contributed by atoms with E-state index in [0.717, 1.165) is 33.1 Å². The Balaban J connectivity index is 2.59. The van der Waals surface area contributed by atoms with Crippen LogP contribution in [0.3, 0.4) is 0 Å². The summed E-state index contributed by atoms with van der Waals surface area (Å²) in [5.41, 5.74) is 6.29. The number of benzene rings is 1. The zero-order chi connectivity index (χ0) is 15.0. The van der Waals surface area contributed by atoms with Crippen molar-refractivity contribution in [3.05, 3.63) is 32.7 Å². The molecule has 1 aromatic carbocycles. The minimum absolute atomic E-state index is 0.106. The molecule has 0 saturated carbocycles. The maximum Gasteiger partial charge on any atom is 0.243 e. The molecule has 0 heterocycles. The van der Waals surface area contributed by atoms with Crippen LogP contribution >= 0.6 is 31.9 Å². The fourth-order valence-electron chi connectivity index (χ4n) is 1.58. The van der Waals surface area contributed by atoms with Gasteiger partial charge in [0.2, 0.25) is 5.91 Å². The van der Waals surface area contributed by atoms with Crippen LogP contribution in [0.5, 0.6) is 5.75 Å². The summed E-state index contributed by atoms with van der Waals surface area (Å²) in [4.78, 5) is 11.6. The van der Waals surface area contributed by atoms with Crippen LogP contribution in [0.25, 0.3) is 6.08 Å². The summed E-state index contributed by atoms with van der Waals surface area (Å²) in [6, 6.07) is 3.78. The number of hydrogen-bond donors (Lipinski definition) is 2. The molecular formula is C14H18Br2N2O2. The predicted octanol–water partition coefficient (Wildman–Crippen LogP) is 3.09. The van der Waals surface area contributed by atoms with Crippen molar-refractivity contribution in [3.8, 4) is 5.75 Å². The third kappa shape index (κ3) is 5.64. The van der Waals surface area contributed by atoms with E-state index < -0.39 is 0 Å². The van der Waals surface area contributed by atoms with Gasteiger partial charge in [0.25, 0.3) is 0 Å². The molecule has 110 valence electrons. The van der Waals surface area contributed by atoms with E-state index in [1.54, 1.807) is 13.2 Å². The number of nitrogens with one attached hydrogen (secondary N) is 1. The predicted molar refractivity (Wildman–Crippen MR) is 88.7 cm³/mol. The fraction of sp³-hybridized carbons (Fsp3) is 0.357. The van der Waals surface area contributed by atoms with Gasteiger partial charge in [-0.25, -0.2) is 0 Å². The fourth-order valence-corrected chi connectivity index (χ4v) is 3.13. The maximum absolute atomic E-state index is 11.6. The highest BCUT2D eigenvalue weighted by molar-refractivity contribution is 9.11. The highest BCUT2D eigenvalue weighted by atomic mass is 79.9. The molecule has 0 aromatic heterocycles. The number of nitrogens with two attached hydrogens (primary N) is 1. The number of hydrogen-bond acceptors (Lipinski definition) is 3. The molecule has 0 spiro atoms. The van der Waals surface area contributed by atoms with Gasteiger partial charge >= 0.3 is 0 Å². The van der Waals surface area contributed by atoms with Gasteiger partial charge < -0.3 is 15.8 Å². The molecule has 0 radical (unpaired) electrons. The first-order valence-electron chi connectivity index (χ1n) is 6.27. The first-order chi connectivity index (χ1) is 9.58. The molecule has 0 bridgehead atoms. The Labute approximate surface area is 136 Å². The van der Waals surface area contributed by atoms with E-state index in [2.05, 4.69) is 37.2 Å². The Morgan fingerprint density at radius 1 is 1.35 bits per heavy atom. The molecule has 0 unspecified atom stereocenters. The summed E-state index contributed by atoms with van der Waals surface area (Å²) in [6.45, 7) is 1.30. The molecule has 0 saturated heterocycles. The van der Waals surface area contributed by atoms with Crippen molar-refractivity contribution in [2.24, 2.45) is 5.73 Å². The number of unbranched alkanes of at least 4 members (excludes halogenated alkanes) is 1. The van der Waals surface area contributed by atoms with Gasteiger partial charge in [-0.2, -0.15) is 0 Å². The summed E-state index contributed by atoms with van der Waals surface area (Å²) >= 11 is 6.85. The molecule has 0 aliphatic rings. The van der Waals surface area contributed by atoms with Crippen molar-refractivity contribution in [1.29, 1.82) is 0 Å². The van der Waals surface area contributed by atoms with Crippen molar-refractivity contribution in [3.63, 3.8) is 0 Å². The minimum Gasteiger partial charge on any atom is -0.494 e. The van der Waals surface area contributed by atoms with E-state index in [1.165, 1.54) is 6.08 Å². The number of halogens is 2. The molecule has 0 aliphatic heterocycles. The minimum atomic E-state index is -0.106. The molecule has 0 fully saturated rings. The van der Waals surface area contributed by atoms with Gasteiger partial charge in [-0.15, -0.1) is 0 Å². The Bertz CT molecular complexity index is 467. The molecular weight excluding hydrogens is 388 g/mol. The van der Waals surface area contributed by atoms with Crippen LogP contribution in [-0.4, -0.2) is 26.1 Å². The van der Waals surface area contributed by atoms with Crippen molar-refractivity contribution in [2.75, 3.05) is 20.2 Å². The number of rotatable bonds is 7. The van der Waals surface area contributed by atoms with Gasteiger partial charge in [0, 0.05) is 12.6 Å². The second kappa shape index (κ2) is 9.15. The number of carbonyl (C=O) groups is 1. The lowest BCUT2D eigenvalue weighted by molar-refractivity contribution is -0.116. The monoisotopic (exact) mass is 404 g/mol. The lowest BCUT2D eigenvalue weighted by Crippen LogP contribution is -2.22. The van der Waals surface area contributed by atoms with Crippen LogP contribution in [0.2, 0.25) is 0 Å². The normalized spacial score (nSPS) is 10.8. The quantitative estimate of drug-likeness (QED) is 0.541. The summed E-state index contributed by atoms with van der Waals surface area (Å²) in [5, 5.41) is 2.81. The molecule has 1 rings (SSSR count). The van der Waals surface area contributed by atoms with E-state index in [9.17, 15) is 4.79 Å². The van der Waals surface area contributed by atoms with Crippen LogP contribution in [0.15, 0.2) is 27.2 Å². The standard InChI is InChI=1S/C14H18Br2N2O2/c1-20-14-11(15)8-10(9-12(14)16)4-5-13(19)18-7-3-2-6-17/h4-5,8-9H,2-3,6-7,17H2,1H3,(H,18,19)/b5-4+. The van der Waals surface area contributed by atoms with Crippen LogP contribution in [0.4, 0.5) is 0 Å². The van der Waals surface area contributed by atoms with Gasteiger partial charge in [-0.05, 0) is 75.0 Å². The Kier molecular flexibility index (Phi) is 7.87. The molecule has 1 aromatic rings. The maximum atomic E-state index is 11.6. The van der Waals surface area contributed by atoms with Gasteiger partial charge in [0.05, 0.1) is 16.1 Å². The van der Waals surface area contributed by atoms with Crippen molar-refractivity contribution in [2.45, 2.75) is 12.8 Å². The second-order valence-corrected chi connectivity index (χ2v) is 5.85. The van der Waals surface area contributed by atoms with E-state index in [-0.39, 0.29) is 5.91 Å². The lowest BCUT2D eigenvalue weighted by Gasteiger charge is -2.07. The van der Waals surface area contributed by atoms with E-state index in [1.807, 2.05) is 12.1 Å². The number of ether oxygens (including phenoxy) is 1. The Morgan fingerprint density at radius 3 is 2.55 bits per heavy atom. The molecule has 4 nitrogen and oxygen atoms in total. The zero-order valence-corrected chi connectivity index (χ0v) is 14.5. The number of methoxy groups -OCH3 is 1. The van der Waals surface area contributed by atoms with E-state index in [4.69, 9.17) is 10.5 Å². The summed E-state index contributed by atoms with van der Waals surface area (Å²) in [6.07, 6.45) is 5.09. The van der Waals surface area contributed by atoms with E-state index in [0.29, 0.717) is 13.1 Å². The van der Waals surface area contributed by atoms with Gasteiger partial charge in [0.15, 0.2) is 0 Å². The Morgan fingerprint density at radius 2 is 2.00 bits per heavy atom. The van der Waals surface area contributed by atoms with Crippen LogP contribution < -0.4 is 15.8 Å². The summed E-state index contributed by atoms with van der Waals surface area (Å²) in [5.74, 6) is 0.624. The molecule has 0 aliphatic carbocycles. The van der Waals surface area contributed by atoms with Gasteiger partial charge in [-0.1, -0.05) is 0 Å². The first-order valence-corrected chi connectivity index (χ1v) is 7.86. The molecule has 3 N–H and O–H groups in total. The average Bonchev–Trinajstić information content (AvgIpc) is 2.41. The highest BCUT2D eigenvalue weighted by Gasteiger charge is 2.06. The first kappa shape index (κ1) is 17.2. The largest absolute Gasteiger partial charge is 0.494 e. The summed E-state index contributed by atoms with van der Waals surface area (Å²) in [7, 11) is 1.61. The summed E-state index contributed by atoms with van der Waals surface area (Å²) < 4.78 is 6.89. The van der Waals surface area contributed by atoms with Gasteiger partial charge in [0.1, 0.15) is 5.75 Å². The Hall–Kier alpha value is -0.850. The van der Waals surface area contributed by atoms with E-state index >= 15 is 0 Å². The smallest absolute Gasteiger partial charge is 0.243 e. The SMILES string of the molecule is COc1c(Br)cc(/C=C/C(=O)NCCCCN)cc1Br. The van der Waals surface area contributed by atoms with Crippen molar-refractivity contribution < 1.29 is 9.53 Å². The number of carbonyl (C=O) groups excluding carboxylic acids is 1. The average molecular weight is 406 g/mol. The molecule has 20 heavy (non-hydrogen) atoms. The van der Waals surface area contributed by atoms with Gasteiger partial charge in [-0.3, -0.25) is 4.79 Å².